The average molecular weight is 481 g/mol. The van der Waals surface area contributed by atoms with E-state index >= 15 is 0 Å². The van der Waals surface area contributed by atoms with E-state index in [0.717, 1.165) is 10.6 Å². The van der Waals surface area contributed by atoms with Gasteiger partial charge >= 0.3 is 0 Å². The van der Waals surface area contributed by atoms with Gasteiger partial charge in [0.15, 0.2) is 5.11 Å². The lowest BCUT2D eigenvalue weighted by Gasteiger charge is -2.37. The summed E-state index contributed by atoms with van der Waals surface area (Å²) in [6.45, 7) is 2.08. The van der Waals surface area contributed by atoms with Crippen molar-refractivity contribution < 1.29 is 13.3 Å². The Morgan fingerprint density at radius 3 is 2.73 bits per heavy atom. The van der Waals surface area contributed by atoms with Crippen LogP contribution in [0.1, 0.15) is 30.0 Å². The van der Waals surface area contributed by atoms with Crippen LogP contribution in [0.2, 0.25) is 0 Å². The molecule has 0 bridgehead atoms. The largest absolute Gasteiger partial charge is 0.351 e. The fourth-order valence-electron chi connectivity index (χ4n) is 3.82. The number of hydrogen-bond acceptors (Lipinski definition) is 5. The van der Waals surface area contributed by atoms with Crippen molar-refractivity contribution in [2.45, 2.75) is 19.5 Å². The van der Waals surface area contributed by atoms with Gasteiger partial charge in [0.05, 0.1) is 23.0 Å². The molecule has 5 rings (SSSR count). The van der Waals surface area contributed by atoms with E-state index in [-0.39, 0.29) is 18.2 Å². The summed E-state index contributed by atoms with van der Waals surface area (Å²) in [7, 11) is 0. The minimum Gasteiger partial charge on any atom is -0.351 e. The quantitative estimate of drug-likeness (QED) is 0.357. The van der Waals surface area contributed by atoms with Crippen molar-refractivity contribution in [2.75, 3.05) is 0 Å². The van der Waals surface area contributed by atoms with Crippen LogP contribution < -0.4 is 5.32 Å². The lowest BCUT2D eigenvalue weighted by molar-refractivity contribution is 0.395. The van der Waals surface area contributed by atoms with Crippen molar-refractivity contribution in [3.05, 3.63) is 100 Å². The van der Waals surface area contributed by atoms with Crippen LogP contribution in [0, 0.1) is 11.6 Å². The summed E-state index contributed by atoms with van der Waals surface area (Å²) >= 11 is 7.13. The lowest BCUT2D eigenvalue weighted by Crippen LogP contribution is -2.45. The SMILES string of the molecule is CC1=C(c2nc(-c3cccs3)no2)C(c2cccc(F)c2)NC(=S)N1Cc1ccccc1F. The molecule has 1 aliphatic heterocycles. The molecular weight excluding hydrogens is 462 g/mol. The van der Waals surface area contributed by atoms with Gasteiger partial charge in [-0.1, -0.05) is 41.6 Å². The van der Waals surface area contributed by atoms with E-state index in [0.29, 0.717) is 33.5 Å². The highest BCUT2D eigenvalue weighted by Gasteiger charge is 2.34. The molecular formula is C24H18F2N4OS2. The summed E-state index contributed by atoms with van der Waals surface area (Å²) in [4.78, 5) is 7.26. The Kier molecular flexibility index (Phi) is 5.74. The molecule has 1 aliphatic rings. The van der Waals surface area contributed by atoms with E-state index in [2.05, 4.69) is 15.5 Å². The molecule has 0 spiro atoms. The summed E-state index contributed by atoms with van der Waals surface area (Å²) < 4.78 is 34.1. The van der Waals surface area contributed by atoms with Crippen molar-refractivity contribution in [1.82, 2.24) is 20.4 Å². The minimum atomic E-state index is -0.512. The van der Waals surface area contributed by atoms with Crippen molar-refractivity contribution >= 4 is 34.2 Å². The molecule has 33 heavy (non-hydrogen) atoms. The zero-order valence-electron chi connectivity index (χ0n) is 17.5. The molecule has 0 fully saturated rings. The molecule has 0 radical (unpaired) electrons. The topological polar surface area (TPSA) is 54.2 Å². The van der Waals surface area contributed by atoms with Gasteiger partial charge in [-0.2, -0.15) is 4.98 Å². The minimum absolute atomic E-state index is 0.218. The number of thiocarbonyl (C=S) groups is 1. The number of thiophene rings is 1. The van der Waals surface area contributed by atoms with Gasteiger partial charge in [0.25, 0.3) is 5.89 Å². The van der Waals surface area contributed by atoms with Gasteiger partial charge < -0.3 is 14.7 Å². The Balaban J connectivity index is 1.62. The van der Waals surface area contributed by atoms with E-state index in [1.807, 2.05) is 24.4 Å². The van der Waals surface area contributed by atoms with Crippen LogP contribution in [0.15, 0.2) is 76.3 Å². The van der Waals surface area contributed by atoms with E-state index in [1.165, 1.54) is 29.5 Å². The van der Waals surface area contributed by atoms with E-state index in [9.17, 15) is 8.78 Å². The Morgan fingerprint density at radius 1 is 1.12 bits per heavy atom. The van der Waals surface area contributed by atoms with Crippen molar-refractivity contribution in [3.8, 4) is 10.7 Å². The van der Waals surface area contributed by atoms with Gasteiger partial charge in [0, 0.05) is 11.3 Å². The maximum Gasteiger partial charge on any atom is 0.258 e. The molecule has 0 amide bonds. The molecule has 0 aliphatic carbocycles. The van der Waals surface area contributed by atoms with Crippen LogP contribution in [0.5, 0.6) is 0 Å². The monoisotopic (exact) mass is 480 g/mol. The third kappa shape index (κ3) is 4.17. The van der Waals surface area contributed by atoms with Crippen LogP contribution in [-0.2, 0) is 6.54 Å². The highest BCUT2D eigenvalue weighted by molar-refractivity contribution is 7.80. The second-order valence-corrected chi connectivity index (χ2v) is 8.85. The summed E-state index contributed by atoms with van der Waals surface area (Å²) in [5.41, 5.74) is 2.53. The number of benzene rings is 2. The highest BCUT2D eigenvalue weighted by atomic mass is 32.1. The fourth-order valence-corrected chi connectivity index (χ4v) is 4.79. The molecule has 166 valence electrons. The first-order chi connectivity index (χ1) is 16.0. The number of aromatic nitrogens is 2. The molecule has 1 N–H and O–H groups in total. The van der Waals surface area contributed by atoms with Crippen molar-refractivity contribution in [1.29, 1.82) is 0 Å². The number of rotatable bonds is 5. The summed E-state index contributed by atoms with van der Waals surface area (Å²) in [6, 6.07) is 16.1. The Morgan fingerprint density at radius 2 is 1.97 bits per heavy atom. The maximum atomic E-state index is 14.4. The van der Waals surface area contributed by atoms with Crippen LogP contribution >= 0.6 is 23.6 Å². The molecule has 4 aromatic rings. The van der Waals surface area contributed by atoms with Crippen LogP contribution in [-0.4, -0.2) is 20.2 Å². The van der Waals surface area contributed by atoms with Crippen LogP contribution in [0.3, 0.4) is 0 Å². The Bertz CT molecular complexity index is 1350. The third-order valence-corrected chi connectivity index (χ3v) is 6.67. The molecule has 5 nitrogen and oxygen atoms in total. The van der Waals surface area contributed by atoms with Crippen molar-refractivity contribution in [3.63, 3.8) is 0 Å². The first kappa shape index (κ1) is 21.4. The highest BCUT2D eigenvalue weighted by Crippen LogP contribution is 2.38. The molecule has 1 atom stereocenters. The van der Waals surface area contributed by atoms with Gasteiger partial charge in [0.1, 0.15) is 11.6 Å². The molecule has 3 heterocycles. The number of hydrogen-bond donors (Lipinski definition) is 1. The molecule has 2 aromatic heterocycles. The lowest BCUT2D eigenvalue weighted by atomic mass is 9.94. The predicted octanol–water partition coefficient (Wildman–Crippen LogP) is 5.94. The van der Waals surface area contributed by atoms with E-state index in [1.54, 1.807) is 35.2 Å². The average Bonchev–Trinajstić information content (AvgIpc) is 3.49. The number of halogens is 2. The summed E-state index contributed by atoms with van der Waals surface area (Å²) in [6.07, 6.45) is 0. The van der Waals surface area contributed by atoms with Gasteiger partial charge in [-0.15, -0.1) is 11.3 Å². The van der Waals surface area contributed by atoms with E-state index < -0.39 is 6.04 Å². The van der Waals surface area contributed by atoms with Crippen LogP contribution in [0.25, 0.3) is 16.3 Å². The first-order valence-electron chi connectivity index (χ1n) is 10.2. The zero-order valence-corrected chi connectivity index (χ0v) is 19.1. The molecule has 2 aromatic carbocycles. The van der Waals surface area contributed by atoms with Crippen LogP contribution in [0.4, 0.5) is 8.78 Å². The Labute approximate surface area is 198 Å². The second kappa shape index (κ2) is 8.84. The predicted molar refractivity (Wildman–Crippen MR) is 127 cm³/mol. The fraction of sp³-hybridized carbons (Fsp3) is 0.125. The standard InChI is InChI=1S/C24H18F2N4OS2/c1-14-20(23-28-22(29-31-23)19-10-5-11-33-19)21(15-7-4-8-17(25)12-15)27-24(32)30(14)13-16-6-2-3-9-18(16)26/h2-12,21H,13H2,1H3,(H,27,32). The molecule has 0 saturated heterocycles. The first-order valence-corrected chi connectivity index (χ1v) is 11.5. The van der Waals surface area contributed by atoms with Gasteiger partial charge in [-0.3, -0.25) is 0 Å². The molecule has 1 unspecified atom stereocenters. The normalized spacial score (nSPS) is 16.3. The van der Waals surface area contributed by atoms with Gasteiger partial charge in [0.2, 0.25) is 5.82 Å². The van der Waals surface area contributed by atoms with Gasteiger partial charge in [-0.25, -0.2) is 8.78 Å². The molecule has 9 heteroatoms. The number of nitrogens with zero attached hydrogens (tertiary/aromatic N) is 3. The van der Waals surface area contributed by atoms with Crippen molar-refractivity contribution in [2.24, 2.45) is 0 Å². The maximum absolute atomic E-state index is 14.4. The molecule has 0 saturated carbocycles. The number of nitrogens with one attached hydrogen (secondary N) is 1. The third-order valence-electron chi connectivity index (χ3n) is 5.46. The zero-order chi connectivity index (χ0) is 22.9. The summed E-state index contributed by atoms with van der Waals surface area (Å²) in [5, 5.41) is 9.72. The van der Waals surface area contributed by atoms with Gasteiger partial charge in [-0.05, 0) is 54.4 Å². The Hall–Kier alpha value is -3.43. The summed E-state index contributed by atoms with van der Waals surface area (Å²) in [5.74, 6) is 0.0706. The smallest absolute Gasteiger partial charge is 0.258 e. The number of allylic oxidation sites excluding steroid dienone is 1. The van der Waals surface area contributed by atoms with E-state index in [4.69, 9.17) is 16.7 Å². The second-order valence-electron chi connectivity index (χ2n) is 7.51.